The first-order valence-electron chi connectivity index (χ1n) is 5.41. The van der Waals surface area contributed by atoms with Gasteiger partial charge in [0, 0.05) is 19.0 Å². The van der Waals surface area contributed by atoms with Crippen LogP contribution in [-0.2, 0) is 4.79 Å². The summed E-state index contributed by atoms with van der Waals surface area (Å²) in [5.41, 5.74) is 5.76. The number of furan rings is 1. The largest absolute Gasteiger partial charge is 0.457 e. The van der Waals surface area contributed by atoms with Crippen molar-refractivity contribution in [1.82, 2.24) is 4.90 Å². The molecule has 17 heavy (non-hydrogen) atoms. The van der Waals surface area contributed by atoms with E-state index in [-0.39, 0.29) is 17.7 Å². The third kappa shape index (κ3) is 2.52. The fourth-order valence-corrected chi connectivity index (χ4v) is 2.39. The zero-order valence-corrected chi connectivity index (χ0v) is 10.8. The Morgan fingerprint density at radius 2 is 2.06 bits per heavy atom. The first-order valence-corrected chi connectivity index (χ1v) is 6.20. The molecule has 6 heteroatoms. The summed E-state index contributed by atoms with van der Waals surface area (Å²) in [6.07, 6.45) is 2.74. The molecule has 0 spiro atoms. The third-order valence-corrected chi connectivity index (χ3v) is 3.65. The van der Waals surface area contributed by atoms with Crippen LogP contribution in [0.1, 0.15) is 23.2 Å². The number of carbonyl (C=O) groups is 2. The lowest BCUT2D eigenvalue weighted by atomic mass is 9.96. The number of nitrogens with two attached hydrogens (primary N) is 1. The molecule has 0 bridgehead atoms. The van der Waals surface area contributed by atoms with E-state index in [1.54, 1.807) is 11.0 Å². The molecule has 0 unspecified atom stereocenters. The second kappa shape index (κ2) is 4.91. The Hall–Kier alpha value is -1.30. The summed E-state index contributed by atoms with van der Waals surface area (Å²) in [7, 11) is 0. The van der Waals surface area contributed by atoms with Crippen molar-refractivity contribution in [3.8, 4) is 0 Å². The number of piperidine rings is 1. The summed E-state index contributed by atoms with van der Waals surface area (Å²) in [4.78, 5) is 24.8. The predicted molar refractivity (Wildman–Crippen MR) is 64.2 cm³/mol. The van der Waals surface area contributed by atoms with Crippen LogP contribution in [0.2, 0.25) is 0 Å². The van der Waals surface area contributed by atoms with Gasteiger partial charge in [0.1, 0.15) is 0 Å². The summed E-state index contributed by atoms with van der Waals surface area (Å²) >= 11 is 3.18. The lowest BCUT2D eigenvalue weighted by molar-refractivity contribution is -0.123. The van der Waals surface area contributed by atoms with E-state index in [0.717, 1.165) is 0 Å². The molecule has 2 heterocycles. The molecule has 1 aromatic heterocycles. The van der Waals surface area contributed by atoms with E-state index < -0.39 is 0 Å². The van der Waals surface area contributed by atoms with Gasteiger partial charge in [0.15, 0.2) is 4.67 Å². The van der Waals surface area contributed by atoms with Crippen molar-refractivity contribution in [3.05, 3.63) is 22.6 Å². The molecule has 1 aromatic rings. The molecule has 1 aliphatic rings. The van der Waals surface area contributed by atoms with Crippen LogP contribution in [0.15, 0.2) is 21.4 Å². The first-order chi connectivity index (χ1) is 8.09. The highest BCUT2D eigenvalue weighted by Gasteiger charge is 2.27. The smallest absolute Gasteiger partial charge is 0.258 e. The fourth-order valence-electron chi connectivity index (χ4n) is 1.98. The third-order valence-electron chi connectivity index (χ3n) is 3.03. The Kier molecular flexibility index (Phi) is 3.51. The van der Waals surface area contributed by atoms with E-state index in [1.807, 2.05) is 0 Å². The van der Waals surface area contributed by atoms with Gasteiger partial charge in [-0.1, -0.05) is 0 Å². The van der Waals surface area contributed by atoms with Gasteiger partial charge in [-0.05, 0) is 34.8 Å². The van der Waals surface area contributed by atoms with Crippen LogP contribution >= 0.6 is 15.9 Å². The number of nitrogens with zero attached hydrogens (tertiary/aromatic N) is 1. The average Bonchev–Trinajstić information content (AvgIpc) is 2.74. The van der Waals surface area contributed by atoms with Gasteiger partial charge in [-0.2, -0.15) is 0 Å². The van der Waals surface area contributed by atoms with Crippen molar-refractivity contribution in [1.29, 1.82) is 0 Å². The Morgan fingerprint density at radius 3 is 2.53 bits per heavy atom. The van der Waals surface area contributed by atoms with Crippen molar-refractivity contribution in [2.45, 2.75) is 12.8 Å². The predicted octanol–water partition coefficient (Wildman–Crippen LogP) is 1.38. The van der Waals surface area contributed by atoms with Gasteiger partial charge in [0.05, 0.1) is 11.8 Å². The Morgan fingerprint density at radius 1 is 1.41 bits per heavy atom. The monoisotopic (exact) mass is 300 g/mol. The Balaban J connectivity index is 2.00. The number of carbonyl (C=O) groups excluding carboxylic acids is 2. The standard InChI is InChI=1S/C11H13BrN2O3/c12-9-8(3-6-17-9)11(16)14-4-1-7(2-5-14)10(13)15/h3,6-7H,1-2,4-5H2,(H2,13,15). The number of rotatable bonds is 2. The molecule has 92 valence electrons. The van der Waals surface area contributed by atoms with Crippen LogP contribution in [0.25, 0.3) is 0 Å². The molecule has 0 saturated carbocycles. The maximum absolute atomic E-state index is 12.1. The number of primary amides is 1. The van der Waals surface area contributed by atoms with Crippen LogP contribution in [0.4, 0.5) is 0 Å². The lowest BCUT2D eigenvalue weighted by Gasteiger charge is -2.30. The fraction of sp³-hybridized carbons (Fsp3) is 0.455. The molecule has 2 rings (SSSR count). The van der Waals surface area contributed by atoms with Crippen LogP contribution in [0.3, 0.4) is 0 Å². The van der Waals surface area contributed by atoms with E-state index in [1.165, 1.54) is 6.26 Å². The number of amides is 2. The second-order valence-electron chi connectivity index (χ2n) is 4.08. The van der Waals surface area contributed by atoms with Gasteiger partial charge in [0.2, 0.25) is 5.91 Å². The topological polar surface area (TPSA) is 76.5 Å². The summed E-state index contributed by atoms with van der Waals surface area (Å²) in [5, 5.41) is 0. The molecular weight excluding hydrogens is 288 g/mol. The minimum absolute atomic E-state index is 0.0754. The van der Waals surface area contributed by atoms with Crippen LogP contribution in [-0.4, -0.2) is 29.8 Å². The number of hydrogen-bond donors (Lipinski definition) is 1. The SMILES string of the molecule is NC(=O)C1CCN(C(=O)c2ccoc2Br)CC1. The molecule has 1 saturated heterocycles. The van der Waals surface area contributed by atoms with E-state index in [4.69, 9.17) is 10.2 Å². The van der Waals surface area contributed by atoms with Gasteiger partial charge >= 0.3 is 0 Å². The summed E-state index contributed by atoms with van der Waals surface area (Å²) in [6.45, 7) is 1.12. The molecule has 2 amide bonds. The molecular formula is C11H13BrN2O3. The van der Waals surface area contributed by atoms with Crippen molar-refractivity contribution in [2.75, 3.05) is 13.1 Å². The molecule has 0 aromatic carbocycles. The van der Waals surface area contributed by atoms with Gasteiger partial charge in [0.25, 0.3) is 5.91 Å². The summed E-state index contributed by atoms with van der Waals surface area (Å²) < 4.78 is 5.47. The van der Waals surface area contributed by atoms with Gasteiger partial charge in [-0.3, -0.25) is 9.59 Å². The minimum Gasteiger partial charge on any atom is -0.457 e. The van der Waals surface area contributed by atoms with E-state index >= 15 is 0 Å². The normalized spacial score (nSPS) is 17.1. The van der Waals surface area contributed by atoms with Gasteiger partial charge < -0.3 is 15.1 Å². The van der Waals surface area contributed by atoms with Crippen LogP contribution in [0.5, 0.6) is 0 Å². The number of halogens is 1. The maximum Gasteiger partial charge on any atom is 0.258 e. The zero-order valence-electron chi connectivity index (χ0n) is 9.19. The van der Waals surface area contributed by atoms with E-state index in [9.17, 15) is 9.59 Å². The van der Waals surface area contributed by atoms with Gasteiger partial charge in [-0.25, -0.2) is 0 Å². The highest BCUT2D eigenvalue weighted by Crippen LogP contribution is 2.23. The Labute approximate surface area is 107 Å². The van der Waals surface area contributed by atoms with E-state index in [0.29, 0.717) is 36.2 Å². The average molecular weight is 301 g/mol. The number of hydrogen-bond acceptors (Lipinski definition) is 3. The van der Waals surface area contributed by atoms with Gasteiger partial charge in [-0.15, -0.1) is 0 Å². The molecule has 2 N–H and O–H groups in total. The molecule has 0 atom stereocenters. The second-order valence-corrected chi connectivity index (χ2v) is 4.80. The molecule has 1 fully saturated rings. The highest BCUT2D eigenvalue weighted by molar-refractivity contribution is 9.10. The lowest BCUT2D eigenvalue weighted by Crippen LogP contribution is -2.41. The van der Waals surface area contributed by atoms with Crippen molar-refractivity contribution >= 4 is 27.7 Å². The van der Waals surface area contributed by atoms with Crippen LogP contribution in [0, 0.1) is 5.92 Å². The van der Waals surface area contributed by atoms with Crippen molar-refractivity contribution < 1.29 is 14.0 Å². The molecule has 5 nitrogen and oxygen atoms in total. The number of likely N-dealkylation sites (tertiary alicyclic amines) is 1. The summed E-state index contributed by atoms with van der Waals surface area (Å²) in [6, 6.07) is 1.63. The van der Waals surface area contributed by atoms with Crippen molar-refractivity contribution in [2.24, 2.45) is 11.7 Å². The molecule has 0 aliphatic carbocycles. The maximum atomic E-state index is 12.1. The molecule has 1 aliphatic heterocycles. The van der Waals surface area contributed by atoms with Crippen molar-refractivity contribution in [3.63, 3.8) is 0 Å². The highest BCUT2D eigenvalue weighted by atomic mass is 79.9. The Bertz CT molecular complexity index is 436. The van der Waals surface area contributed by atoms with E-state index in [2.05, 4.69) is 15.9 Å². The van der Waals surface area contributed by atoms with Crippen LogP contribution < -0.4 is 5.73 Å². The summed E-state index contributed by atoms with van der Waals surface area (Å²) in [5.74, 6) is -0.457. The first kappa shape index (κ1) is 12.2. The quantitative estimate of drug-likeness (QED) is 0.896. The minimum atomic E-state index is -0.276. The molecule has 0 radical (unpaired) electrons. The zero-order chi connectivity index (χ0) is 12.4.